The molecule has 0 spiro atoms. The van der Waals surface area contributed by atoms with Crippen LogP contribution in [0.4, 0.5) is 0 Å². The molecule has 0 aliphatic carbocycles. The Morgan fingerprint density at radius 3 is 2.25 bits per heavy atom. The van der Waals surface area contributed by atoms with Gasteiger partial charge in [0.1, 0.15) is 18.1 Å². The topological polar surface area (TPSA) is 47.6 Å². The molecular weight excluding hydrogens is 370 g/mol. The summed E-state index contributed by atoms with van der Waals surface area (Å²) in [5.74, 6) is 1.33. The van der Waals surface area contributed by atoms with Crippen molar-refractivity contribution in [2.75, 3.05) is 19.8 Å². The molecule has 2 aromatic carbocycles. The lowest BCUT2D eigenvalue weighted by atomic mass is 10.1. The van der Waals surface area contributed by atoms with Crippen molar-refractivity contribution in [2.24, 2.45) is 0 Å². The molecule has 0 atom stereocenters. The van der Waals surface area contributed by atoms with Crippen LogP contribution in [-0.2, 0) is 4.79 Å². The van der Waals surface area contributed by atoms with Crippen molar-refractivity contribution < 1.29 is 14.3 Å². The molecule has 0 aliphatic rings. The zero-order chi connectivity index (χ0) is 17.5. The van der Waals surface area contributed by atoms with Gasteiger partial charge < -0.3 is 14.8 Å². The average molecular weight is 392 g/mol. The van der Waals surface area contributed by atoms with Gasteiger partial charge in [0.05, 0.1) is 6.54 Å². The second kappa shape index (κ2) is 8.73. The highest BCUT2D eigenvalue weighted by Crippen LogP contribution is 2.26. The molecular formula is C19H22BrNO3. The minimum atomic E-state index is -0.166. The van der Waals surface area contributed by atoms with Gasteiger partial charge in [0.25, 0.3) is 5.91 Å². The van der Waals surface area contributed by atoms with Crippen molar-refractivity contribution in [1.29, 1.82) is 0 Å². The Kier molecular flexibility index (Phi) is 6.67. The second-order valence-corrected chi connectivity index (χ2v) is 6.46. The van der Waals surface area contributed by atoms with Crippen LogP contribution in [0, 0.1) is 20.8 Å². The highest BCUT2D eigenvalue weighted by atomic mass is 79.9. The van der Waals surface area contributed by atoms with Crippen LogP contribution in [0.1, 0.15) is 16.7 Å². The summed E-state index contributed by atoms with van der Waals surface area (Å²) in [6.45, 7) is 6.86. The zero-order valence-electron chi connectivity index (χ0n) is 14.2. The van der Waals surface area contributed by atoms with Gasteiger partial charge in [-0.3, -0.25) is 4.79 Å². The molecule has 24 heavy (non-hydrogen) atoms. The maximum Gasteiger partial charge on any atom is 0.258 e. The summed E-state index contributed by atoms with van der Waals surface area (Å²) in [6, 6.07) is 11.6. The van der Waals surface area contributed by atoms with Gasteiger partial charge in [-0.2, -0.15) is 0 Å². The maximum atomic E-state index is 11.8. The first-order valence-electron chi connectivity index (χ1n) is 7.81. The minimum absolute atomic E-state index is 0.00888. The van der Waals surface area contributed by atoms with Crippen molar-refractivity contribution in [3.8, 4) is 11.5 Å². The number of nitrogens with one attached hydrogen (secondary N) is 1. The Labute approximate surface area is 151 Å². The minimum Gasteiger partial charge on any atom is -0.492 e. The monoisotopic (exact) mass is 391 g/mol. The van der Waals surface area contributed by atoms with Crippen LogP contribution in [-0.4, -0.2) is 25.7 Å². The molecule has 0 fully saturated rings. The van der Waals surface area contributed by atoms with Gasteiger partial charge in [-0.05, 0) is 56.2 Å². The Bertz CT molecular complexity index is 675. The van der Waals surface area contributed by atoms with E-state index in [1.54, 1.807) is 0 Å². The molecule has 0 aliphatic heterocycles. The predicted octanol–water partition coefficient (Wildman–Crippen LogP) is 3.95. The lowest BCUT2D eigenvalue weighted by molar-refractivity contribution is -0.123. The fraction of sp³-hybridized carbons (Fsp3) is 0.316. The van der Waals surface area contributed by atoms with Crippen LogP contribution >= 0.6 is 15.9 Å². The number of halogens is 1. The average Bonchev–Trinajstić information content (AvgIpc) is 2.56. The van der Waals surface area contributed by atoms with Gasteiger partial charge in [0.2, 0.25) is 0 Å². The lowest BCUT2D eigenvalue weighted by Crippen LogP contribution is -2.32. The molecule has 0 bridgehead atoms. The Hall–Kier alpha value is -2.01. The van der Waals surface area contributed by atoms with E-state index in [-0.39, 0.29) is 12.5 Å². The molecule has 1 N–H and O–H groups in total. The van der Waals surface area contributed by atoms with E-state index < -0.39 is 0 Å². The molecule has 0 aromatic heterocycles. The van der Waals surface area contributed by atoms with Gasteiger partial charge >= 0.3 is 0 Å². The van der Waals surface area contributed by atoms with Crippen LogP contribution in [0.3, 0.4) is 0 Å². The third-order valence-electron chi connectivity index (χ3n) is 3.49. The van der Waals surface area contributed by atoms with Crippen molar-refractivity contribution in [1.82, 2.24) is 5.32 Å². The molecule has 2 aromatic rings. The molecule has 0 heterocycles. The number of benzene rings is 2. The predicted molar refractivity (Wildman–Crippen MR) is 98.8 cm³/mol. The van der Waals surface area contributed by atoms with Gasteiger partial charge in [-0.1, -0.05) is 33.6 Å². The van der Waals surface area contributed by atoms with Gasteiger partial charge in [0, 0.05) is 4.47 Å². The number of carbonyl (C=O) groups is 1. The SMILES string of the molecule is Cc1ccc(OCCNC(=O)COc2cc(C)c(Br)c(C)c2)cc1. The van der Waals surface area contributed by atoms with E-state index in [2.05, 4.69) is 21.2 Å². The molecule has 128 valence electrons. The summed E-state index contributed by atoms with van der Waals surface area (Å²) >= 11 is 3.51. The van der Waals surface area contributed by atoms with E-state index in [1.807, 2.05) is 57.2 Å². The highest BCUT2D eigenvalue weighted by molar-refractivity contribution is 9.10. The number of ether oxygens (including phenoxy) is 2. The molecule has 0 saturated carbocycles. The van der Waals surface area contributed by atoms with E-state index in [0.717, 1.165) is 21.3 Å². The largest absolute Gasteiger partial charge is 0.492 e. The molecule has 1 amide bonds. The Morgan fingerprint density at radius 2 is 1.62 bits per heavy atom. The normalized spacial score (nSPS) is 10.3. The fourth-order valence-electron chi connectivity index (χ4n) is 2.18. The summed E-state index contributed by atoms with van der Waals surface area (Å²) in [5, 5.41) is 2.78. The quantitative estimate of drug-likeness (QED) is 0.726. The number of hydrogen-bond acceptors (Lipinski definition) is 3. The smallest absolute Gasteiger partial charge is 0.258 e. The van der Waals surface area contributed by atoms with Crippen molar-refractivity contribution in [3.63, 3.8) is 0 Å². The molecule has 0 unspecified atom stereocenters. The zero-order valence-corrected chi connectivity index (χ0v) is 15.8. The number of amides is 1. The van der Waals surface area contributed by atoms with Crippen LogP contribution in [0.15, 0.2) is 40.9 Å². The van der Waals surface area contributed by atoms with Crippen LogP contribution in [0.5, 0.6) is 11.5 Å². The van der Waals surface area contributed by atoms with E-state index in [0.29, 0.717) is 18.9 Å². The molecule has 5 heteroatoms. The standard InChI is InChI=1S/C19H22BrNO3/c1-13-4-6-16(7-5-13)23-9-8-21-18(22)12-24-17-10-14(2)19(20)15(3)11-17/h4-7,10-11H,8-9,12H2,1-3H3,(H,21,22). The summed E-state index contributed by atoms with van der Waals surface area (Å²) in [5.41, 5.74) is 3.35. The molecule has 0 radical (unpaired) electrons. The van der Waals surface area contributed by atoms with Crippen molar-refractivity contribution >= 4 is 21.8 Å². The van der Waals surface area contributed by atoms with Gasteiger partial charge in [0.15, 0.2) is 6.61 Å². The van der Waals surface area contributed by atoms with Crippen LogP contribution in [0.25, 0.3) is 0 Å². The number of carbonyl (C=O) groups excluding carboxylic acids is 1. The highest BCUT2D eigenvalue weighted by Gasteiger charge is 2.06. The van der Waals surface area contributed by atoms with Crippen LogP contribution in [0.2, 0.25) is 0 Å². The summed E-state index contributed by atoms with van der Waals surface area (Å²) in [4.78, 5) is 11.8. The molecule has 4 nitrogen and oxygen atoms in total. The van der Waals surface area contributed by atoms with Crippen LogP contribution < -0.4 is 14.8 Å². The first kappa shape index (κ1) is 18.3. The third-order valence-corrected chi connectivity index (χ3v) is 4.74. The van der Waals surface area contributed by atoms with E-state index >= 15 is 0 Å². The second-order valence-electron chi connectivity index (χ2n) is 5.67. The van der Waals surface area contributed by atoms with E-state index in [9.17, 15) is 4.79 Å². The Balaban J connectivity index is 1.69. The Morgan fingerprint density at radius 1 is 1.00 bits per heavy atom. The number of hydrogen-bond donors (Lipinski definition) is 1. The first-order valence-corrected chi connectivity index (χ1v) is 8.60. The van der Waals surface area contributed by atoms with Gasteiger partial charge in [-0.25, -0.2) is 0 Å². The summed E-state index contributed by atoms with van der Waals surface area (Å²) in [7, 11) is 0. The maximum absolute atomic E-state index is 11.8. The van der Waals surface area contributed by atoms with Crippen molar-refractivity contribution in [3.05, 3.63) is 57.6 Å². The molecule has 0 saturated heterocycles. The lowest BCUT2D eigenvalue weighted by Gasteiger charge is -2.11. The molecule has 2 rings (SSSR count). The van der Waals surface area contributed by atoms with E-state index in [1.165, 1.54) is 5.56 Å². The number of aryl methyl sites for hydroxylation is 3. The van der Waals surface area contributed by atoms with Gasteiger partial charge in [-0.15, -0.1) is 0 Å². The first-order chi connectivity index (χ1) is 11.5. The summed E-state index contributed by atoms with van der Waals surface area (Å²) < 4.78 is 12.2. The van der Waals surface area contributed by atoms with Crippen molar-refractivity contribution in [2.45, 2.75) is 20.8 Å². The summed E-state index contributed by atoms with van der Waals surface area (Å²) in [6.07, 6.45) is 0. The number of rotatable bonds is 7. The van der Waals surface area contributed by atoms with E-state index in [4.69, 9.17) is 9.47 Å². The third kappa shape index (κ3) is 5.57. The fourth-order valence-corrected chi connectivity index (χ4v) is 2.41.